The smallest absolute Gasteiger partial charge is 0.191 e. The maximum atomic E-state index is 5.61. The minimum absolute atomic E-state index is 0. The Morgan fingerprint density at radius 2 is 2.12 bits per heavy atom. The zero-order valence-corrected chi connectivity index (χ0v) is 18.4. The summed E-state index contributed by atoms with van der Waals surface area (Å²) in [7, 11) is 0. The minimum atomic E-state index is 0. The Bertz CT molecular complexity index is 623. The second-order valence-electron chi connectivity index (χ2n) is 6.43. The highest BCUT2D eigenvalue weighted by molar-refractivity contribution is 14.0. The number of pyridine rings is 1. The van der Waals surface area contributed by atoms with Crippen molar-refractivity contribution in [1.29, 1.82) is 0 Å². The Morgan fingerprint density at radius 3 is 2.85 bits per heavy atom. The third-order valence-electron chi connectivity index (χ3n) is 3.78. The fourth-order valence-electron chi connectivity index (χ4n) is 2.40. The van der Waals surface area contributed by atoms with Gasteiger partial charge in [0.15, 0.2) is 5.96 Å². The lowest BCUT2D eigenvalue weighted by Crippen LogP contribution is -2.38. The van der Waals surface area contributed by atoms with Gasteiger partial charge < -0.3 is 19.8 Å². The van der Waals surface area contributed by atoms with Crippen LogP contribution in [0.4, 0.5) is 0 Å². The largest absolute Gasteiger partial charge is 0.380 e. The maximum Gasteiger partial charge on any atom is 0.191 e. The minimum Gasteiger partial charge on any atom is -0.380 e. The summed E-state index contributed by atoms with van der Waals surface area (Å²) in [5, 5.41) is 6.62. The van der Waals surface area contributed by atoms with Crippen LogP contribution in [0.5, 0.6) is 0 Å². The summed E-state index contributed by atoms with van der Waals surface area (Å²) >= 11 is 0. The van der Waals surface area contributed by atoms with Crippen molar-refractivity contribution in [2.75, 3.05) is 32.8 Å². The molecular weight excluding hydrogens is 441 g/mol. The van der Waals surface area contributed by atoms with Gasteiger partial charge in [0.1, 0.15) is 5.65 Å². The van der Waals surface area contributed by atoms with Crippen molar-refractivity contribution in [2.45, 2.75) is 33.6 Å². The number of halogens is 1. The molecule has 0 saturated heterocycles. The number of aromatic nitrogens is 2. The van der Waals surface area contributed by atoms with E-state index in [2.05, 4.69) is 47.6 Å². The zero-order chi connectivity index (χ0) is 17.9. The molecule has 2 heterocycles. The molecule has 0 unspecified atom stereocenters. The molecular formula is C19H32IN5O. The maximum absolute atomic E-state index is 5.61. The van der Waals surface area contributed by atoms with Crippen LogP contribution in [0.2, 0.25) is 0 Å². The van der Waals surface area contributed by atoms with E-state index < -0.39 is 0 Å². The summed E-state index contributed by atoms with van der Waals surface area (Å²) in [4.78, 5) is 9.16. The van der Waals surface area contributed by atoms with Crippen LogP contribution < -0.4 is 10.6 Å². The van der Waals surface area contributed by atoms with Gasteiger partial charge in [-0.05, 0) is 31.4 Å². The molecule has 0 atom stereocenters. The Kier molecular flexibility index (Phi) is 11.3. The molecule has 2 aromatic heterocycles. The monoisotopic (exact) mass is 473 g/mol. The van der Waals surface area contributed by atoms with Crippen LogP contribution in [0.1, 0.15) is 32.9 Å². The summed E-state index contributed by atoms with van der Waals surface area (Å²) in [5.74, 6) is 1.51. The van der Waals surface area contributed by atoms with Gasteiger partial charge >= 0.3 is 0 Å². The van der Waals surface area contributed by atoms with Gasteiger partial charge in [-0.15, -0.1) is 24.0 Å². The van der Waals surface area contributed by atoms with E-state index in [-0.39, 0.29) is 24.0 Å². The molecule has 0 aliphatic rings. The molecule has 0 aliphatic heterocycles. The van der Waals surface area contributed by atoms with E-state index in [1.165, 1.54) is 0 Å². The molecule has 0 fully saturated rings. The predicted octanol–water partition coefficient (Wildman–Crippen LogP) is 3.11. The number of imidazole rings is 1. The van der Waals surface area contributed by atoms with Crippen molar-refractivity contribution in [1.82, 2.24) is 20.0 Å². The van der Waals surface area contributed by atoms with Crippen LogP contribution in [0.3, 0.4) is 0 Å². The van der Waals surface area contributed by atoms with E-state index in [1.54, 1.807) is 0 Å². The third kappa shape index (κ3) is 8.35. The quantitative estimate of drug-likeness (QED) is 0.241. The van der Waals surface area contributed by atoms with Crippen molar-refractivity contribution in [3.8, 4) is 0 Å². The van der Waals surface area contributed by atoms with E-state index in [9.17, 15) is 0 Å². The summed E-state index contributed by atoms with van der Waals surface area (Å²) in [6.45, 7) is 10.3. The summed E-state index contributed by atoms with van der Waals surface area (Å²) in [6.07, 6.45) is 6.05. The average Bonchev–Trinajstić information content (AvgIpc) is 3.00. The molecule has 0 bridgehead atoms. The molecule has 0 saturated carbocycles. The first-order chi connectivity index (χ1) is 12.2. The molecule has 2 N–H and O–H groups in total. The van der Waals surface area contributed by atoms with Crippen molar-refractivity contribution < 1.29 is 4.74 Å². The highest BCUT2D eigenvalue weighted by atomic mass is 127. The lowest BCUT2D eigenvalue weighted by molar-refractivity contribution is 0.130. The number of hydrogen-bond acceptors (Lipinski definition) is 3. The van der Waals surface area contributed by atoms with Crippen LogP contribution >= 0.6 is 24.0 Å². The van der Waals surface area contributed by atoms with Gasteiger partial charge in [-0.1, -0.05) is 19.9 Å². The van der Waals surface area contributed by atoms with Gasteiger partial charge in [0, 0.05) is 38.5 Å². The van der Waals surface area contributed by atoms with Gasteiger partial charge in [0.25, 0.3) is 0 Å². The van der Waals surface area contributed by atoms with Gasteiger partial charge in [-0.3, -0.25) is 4.99 Å². The number of guanidine groups is 1. The Hall–Kier alpha value is -1.35. The molecule has 6 nitrogen and oxygen atoms in total. The second kappa shape index (κ2) is 12.9. The van der Waals surface area contributed by atoms with E-state index >= 15 is 0 Å². The topological polar surface area (TPSA) is 63.0 Å². The van der Waals surface area contributed by atoms with Gasteiger partial charge in [-0.25, -0.2) is 4.98 Å². The molecule has 2 rings (SSSR count). The van der Waals surface area contributed by atoms with E-state index in [0.29, 0.717) is 19.1 Å². The third-order valence-corrected chi connectivity index (χ3v) is 3.78. The highest BCUT2D eigenvalue weighted by Crippen LogP contribution is 2.04. The van der Waals surface area contributed by atoms with E-state index in [4.69, 9.17) is 4.74 Å². The molecule has 0 radical (unpaired) electrons. The van der Waals surface area contributed by atoms with Crippen LogP contribution in [0, 0.1) is 5.92 Å². The first kappa shape index (κ1) is 22.7. The fraction of sp³-hybridized carbons (Fsp3) is 0.579. The lowest BCUT2D eigenvalue weighted by Gasteiger charge is -2.11. The highest BCUT2D eigenvalue weighted by Gasteiger charge is 2.02. The molecule has 7 heteroatoms. The summed E-state index contributed by atoms with van der Waals surface area (Å²) < 4.78 is 7.65. The van der Waals surface area contributed by atoms with Gasteiger partial charge in [-0.2, -0.15) is 0 Å². The molecule has 26 heavy (non-hydrogen) atoms. The molecule has 146 valence electrons. The van der Waals surface area contributed by atoms with Gasteiger partial charge in [0.2, 0.25) is 0 Å². The number of aliphatic imine (C=N–C) groups is 1. The van der Waals surface area contributed by atoms with Crippen LogP contribution in [0.25, 0.3) is 5.65 Å². The van der Waals surface area contributed by atoms with Crippen molar-refractivity contribution in [3.63, 3.8) is 0 Å². The van der Waals surface area contributed by atoms with Crippen molar-refractivity contribution in [3.05, 3.63) is 36.3 Å². The molecule has 2 aromatic rings. The first-order valence-electron chi connectivity index (χ1n) is 9.21. The SMILES string of the molecule is CCNC(=NCCOCCC(C)C)NCCc1cn2ccccc2n1.I. The van der Waals surface area contributed by atoms with Crippen molar-refractivity contribution >= 4 is 35.6 Å². The number of fused-ring (bicyclic) bond motifs is 1. The normalized spacial score (nSPS) is 11.6. The standard InChI is InChI=1S/C19H31N5O.HI/c1-4-20-19(22-11-14-25-13-9-16(2)3)21-10-8-17-15-24-12-6-5-7-18(24)23-17;/h5-7,12,15-16H,4,8-11,13-14H2,1-3H3,(H2,20,21,22);1H. The zero-order valence-electron chi connectivity index (χ0n) is 16.1. The average molecular weight is 473 g/mol. The number of hydrogen-bond donors (Lipinski definition) is 2. The molecule has 0 aliphatic carbocycles. The van der Waals surface area contributed by atoms with Crippen LogP contribution in [-0.4, -0.2) is 48.2 Å². The van der Waals surface area contributed by atoms with Crippen molar-refractivity contribution in [2.24, 2.45) is 10.9 Å². The molecule has 0 spiro atoms. The Labute approximate surface area is 173 Å². The van der Waals surface area contributed by atoms with E-state index in [0.717, 1.165) is 49.8 Å². The Balaban J connectivity index is 0.00000338. The summed E-state index contributed by atoms with van der Waals surface area (Å²) in [5.41, 5.74) is 2.06. The molecule has 0 amide bonds. The lowest BCUT2D eigenvalue weighted by atomic mass is 10.1. The summed E-state index contributed by atoms with van der Waals surface area (Å²) in [6, 6.07) is 6.03. The van der Waals surface area contributed by atoms with Crippen LogP contribution in [-0.2, 0) is 11.2 Å². The molecule has 0 aromatic carbocycles. The number of rotatable bonds is 10. The van der Waals surface area contributed by atoms with Gasteiger partial charge in [0.05, 0.1) is 18.8 Å². The number of nitrogens with zero attached hydrogens (tertiary/aromatic N) is 3. The number of ether oxygens (including phenoxy) is 1. The first-order valence-corrected chi connectivity index (χ1v) is 9.21. The van der Waals surface area contributed by atoms with Crippen LogP contribution in [0.15, 0.2) is 35.6 Å². The van der Waals surface area contributed by atoms with E-state index in [1.807, 2.05) is 28.8 Å². The fourth-order valence-corrected chi connectivity index (χ4v) is 2.40. The second-order valence-corrected chi connectivity index (χ2v) is 6.43. The predicted molar refractivity (Wildman–Crippen MR) is 119 cm³/mol. The number of nitrogens with one attached hydrogen (secondary N) is 2. The Morgan fingerprint density at radius 1 is 1.27 bits per heavy atom.